The van der Waals surface area contributed by atoms with Crippen molar-refractivity contribution >= 4 is 31.5 Å². The molecule has 0 radical (unpaired) electrons. The van der Waals surface area contributed by atoms with Crippen LogP contribution in [0.15, 0.2) is 53.4 Å². The standard InChI is InChI=1S/C17H20N2O5S2/c1-12(13-8-10-14(11-9-13)25(2,21)22)18-17(20)15-6-4-5-7-16(15)19-26(3,23)24/h4-12,19H,1-3H3,(H,18,20). The van der Waals surface area contributed by atoms with Crippen molar-refractivity contribution in [3.8, 4) is 0 Å². The Bertz CT molecular complexity index is 1010. The molecule has 7 nitrogen and oxygen atoms in total. The summed E-state index contributed by atoms with van der Waals surface area (Å²) < 4.78 is 48.2. The van der Waals surface area contributed by atoms with E-state index in [9.17, 15) is 21.6 Å². The van der Waals surface area contributed by atoms with Crippen molar-refractivity contribution in [2.45, 2.75) is 17.9 Å². The molecule has 0 aliphatic heterocycles. The van der Waals surface area contributed by atoms with Gasteiger partial charge in [-0.05, 0) is 36.8 Å². The second kappa shape index (κ2) is 7.46. The topological polar surface area (TPSA) is 109 Å². The number of anilines is 1. The van der Waals surface area contributed by atoms with Gasteiger partial charge in [-0.2, -0.15) is 0 Å². The molecular weight excluding hydrogens is 376 g/mol. The van der Waals surface area contributed by atoms with E-state index in [1.165, 1.54) is 24.3 Å². The smallest absolute Gasteiger partial charge is 0.253 e. The summed E-state index contributed by atoms with van der Waals surface area (Å²) in [6.07, 6.45) is 2.13. The van der Waals surface area contributed by atoms with E-state index in [1.807, 2.05) is 0 Å². The quantitative estimate of drug-likeness (QED) is 0.776. The SMILES string of the molecule is CC(NC(=O)c1ccccc1NS(C)(=O)=O)c1ccc(S(C)(=O)=O)cc1. The van der Waals surface area contributed by atoms with Gasteiger partial charge < -0.3 is 5.32 Å². The van der Waals surface area contributed by atoms with Gasteiger partial charge in [0.2, 0.25) is 10.0 Å². The zero-order valence-electron chi connectivity index (χ0n) is 14.6. The van der Waals surface area contributed by atoms with Gasteiger partial charge in [0, 0.05) is 6.26 Å². The molecule has 1 unspecified atom stereocenters. The number of hydrogen-bond donors (Lipinski definition) is 2. The van der Waals surface area contributed by atoms with Gasteiger partial charge in [0.05, 0.1) is 28.4 Å². The number of sulfonamides is 1. The molecule has 2 N–H and O–H groups in total. The van der Waals surface area contributed by atoms with Crippen LogP contribution in [-0.2, 0) is 19.9 Å². The number of carbonyl (C=O) groups excluding carboxylic acids is 1. The third kappa shape index (κ3) is 5.30. The molecule has 26 heavy (non-hydrogen) atoms. The van der Waals surface area contributed by atoms with Crippen molar-refractivity contribution in [3.63, 3.8) is 0 Å². The van der Waals surface area contributed by atoms with Crippen molar-refractivity contribution < 1.29 is 21.6 Å². The molecule has 0 fully saturated rings. The third-order valence-electron chi connectivity index (χ3n) is 3.62. The Morgan fingerprint density at radius 1 is 0.923 bits per heavy atom. The molecule has 0 saturated heterocycles. The van der Waals surface area contributed by atoms with Gasteiger partial charge in [-0.15, -0.1) is 0 Å². The molecule has 1 amide bonds. The highest BCUT2D eigenvalue weighted by atomic mass is 32.2. The van der Waals surface area contributed by atoms with Gasteiger partial charge in [-0.1, -0.05) is 24.3 Å². The first-order valence-corrected chi connectivity index (χ1v) is 11.4. The molecule has 2 aromatic rings. The van der Waals surface area contributed by atoms with E-state index < -0.39 is 31.8 Å². The number of amides is 1. The van der Waals surface area contributed by atoms with E-state index >= 15 is 0 Å². The summed E-state index contributed by atoms with van der Waals surface area (Å²) in [5, 5.41) is 2.77. The number of sulfone groups is 1. The van der Waals surface area contributed by atoms with Crippen molar-refractivity contribution in [2.24, 2.45) is 0 Å². The van der Waals surface area contributed by atoms with Crippen molar-refractivity contribution in [1.29, 1.82) is 0 Å². The molecule has 9 heteroatoms. The summed E-state index contributed by atoms with van der Waals surface area (Å²) >= 11 is 0. The fourth-order valence-electron chi connectivity index (χ4n) is 2.33. The minimum atomic E-state index is -3.52. The largest absolute Gasteiger partial charge is 0.345 e. The van der Waals surface area contributed by atoms with Crippen molar-refractivity contribution in [2.75, 3.05) is 17.2 Å². The van der Waals surface area contributed by atoms with Crippen LogP contribution in [0.25, 0.3) is 0 Å². The summed E-state index contributed by atoms with van der Waals surface area (Å²) in [7, 11) is -6.81. The zero-order chi connectivity index (χ0) is 19.5. The number of benzene rings is 2. The first kappa shape index (κ1) is 19.9. The Morgan fingerprint density at radius 2 is 1.50 bits per heavy atom. The van der Waals surface area contributed by atoms with Crippen LogP contribution in [0, 0.1) is 0 Å². The average molecular weight is 396 g/mol. The lowest BCUT2D eigenvalue weighted by atomic mass is 10.1. The molecule has 0 spiro atoms. The molecule has 140 valence electrons. The Morgan fingerprint density at radius 3 is 2.04 bits per heavy atom. The number of rotatable bonds is 6. The predicted octanol–water partition coefficient (Wildman–Crippen LogP) is 1.95. The van der Waals surface area contributed by atoms with Crippen LogP contribution in [0.3, 0.4) is 0 Å². The van der Waals surface area contributed by atoms with E-state index in [4.69, 9.17) is 0 Å². The van der Waals surface area contributed by atoms with Crippen LogP contribution >= 0.6 is 0 Å². The van der Waals surface area contributed by atoms with E-state index in [2.05, 4.69) is 10.0 Å². The molecule has 0 saturated carbocycles. The molecule has 0 aliphatic rings. The fourth-order valence-corrected chi connectivity index (χ4v) is 3.54. The number of carbonyl (C=O) groups is 1. The van der Waals surface area contributed by atoms with Crippen molar-refractivity contribution in [3.05, 3.63) is 59.7 Å². The lowest BCUT2D eigenvalue weighted by Gasteiger charge is -2.16. The Balaban J connectivity index is 2.20. The predicted molar refractivity (Wildman–Crippen MR) is 100 cm³/mol. The summed E-state index contributed by atoms with van der Waals surface area (Å²) in [5.41, 5.74) is 1.10. The van der Waals surface area contributed by atoms with E-state index in [1.54, 1.807) is 31.2 Å². The highest BCUT2D eigenvalue weighted by molar-refractivity contribution is 7.92. The molecule has 0 aromatic heterocycles. The van der Waals surface area contributed by atoms with Crippen LogP contribution in [-0.4, -0.2) is 35.3 Å². The van der Waals surface area contributed by atoms with Crippen molar-refractivity contribution in [1.82, 2.24) is 5.32 Å². The van der Waals surface area contributed by atoms with Gasteiger partial charge in [-0.25, -0.2) is 16.8 Å². The zero-order valence-corrected chi connectivity index (χ0v) is 16.2. The van der Waals surface area contributed by atoms with Crippen LogP contribution in [0.2, 0.25) is 0 Å². The van der Waals surface area contributed by atoms with Gasteiger partial charge in [0.1, 0.15) is 0 Å². The minimum Gasteiger partial charge on any atom is -0.345 e. The second-order valence-electron chi connectivity index (χ2n) is 5.96. The van der Waals surface area contributed by atoms with Crippen LogP contribution in [0.5, 0.6) is 0 Å². The minimum absolute atomic E-state index is 0.187. The summed E-state index contributed by atoms with van der Waals surface area (Å²) in [4.78, 5) is 12.7. The fraction of sp³-hybridized carbons (Fsp3) is 0.235. The summed E-state index contributed by atoms with van der Waals surface area (Å²) in [6.45, 7) is 1.75. The Hall–Kier alpha value is -2.39. The summed E-state index contributed by atoms with van der Waals surface area (Å²) in [5.74, 6) is -0.448. The average Bonchev–Trinajstić information content (AvgIpc) is 2.53. The van der Waals surface area contributed by atoms with Gasteiger partial charge in [0.25, 0.3) is 5.91 Å². The molecule has 0 bridgehead atoms. The third-order valence-corrected chi connectivity index (χ3v) is 5.34. The molecule has 2 rings (SSSR count). The summed E-state index contributed by atoms with van der Waals surface area (Å²) in [6, 6.07) is 12.1. The van der Waals surface area contributed by atoms with Crippen LogP contribution in [0.4, 0.5) is 5.69 Å². The Labute approximate surface area is 153 Å². The lowest BCUT2D eigenvalue weighted by molar-refractivity contribution is 0.0940. The molecule has 2 aromatic carbocycles. The van der Waals surface area contributed by atoms with E-state index in [-0.39, 0.29) is 16.1 Å². The highest BCUT2D eigenvalue weighted by Gasteiger charge is 2.17. The van der Waals surface area contributed by atoms with Crippen LogP contribution < -0.4 is 10.0 Å². The monoisotopic (exact) mass is 396 g/mol. The molecule has 1 atom stereocenters. The molecule has 0 aliphatic carbocycles. The maximum atomic E-state index is 12.5. The second-order valence-corrected chi connectivity index (χ2v) is 9.72. The highest BCUT2D eigenvalue weighted by Crippen LogP contribution is 2.20. The first-order valence-electron chi connectivity index (χ1n) is 7.65. The maximum Gasteiger partial charge on any atom is 0.253 e. The van der Waals surface area contributed by atoms with E-state index in [0.29, 0.717) is 0 Å². The number of hydrogen-bond acceptors (Lipinski definition) is 5. The normalized spacial score (nSPS) is 13.0. The maximum absolute atomic E-state index is 12.5. The van der Waals surface area contributed by atoms with E-state index in [0.717, 1.165) is 18.1 Å². The number of nitrogens with one attached hydrogen (secondary N) is 2. The molecule has 0 heterocycles. The van der Waals surface area contributed by atoms with Gasteiger partial charge in [0.15, 0.2) is 9.84 Å². The van der Waals surface area contributed by atoms with Gasteiger partial charge in [-0.3, -0.25) is 9.52 Å². The Kier molecular flexibility index (Phi) is 5.72. The molecular formula is C17H20N2O5S2. The van der Waals surface area contributed by atoms with Crippen LogP contribution in [0.1, 0.15) is 28.9 Å². The lowest BCUT2D eigenvalue weighted by Crippen LogP contribution is -2.27. The number of para-hydroxylation sites is 1. The first-order chi connectivity index (χ1) is 12.0. The van der Waals surface area contributed by atoms with Gasteiger partial charge >= 0.3 is 0 Å².